The van der Waals surface area contributed by atoms with Gasteiger partial charge in [0.15, 0.2) is 0 Å². The van der Waals surface area contributed by atoms with Crippen molar-refractivity contribution < 1.29 is 9.90 Å². The van der Waals surface area contributed by atoms with Crippen molar-refractivity contribution in [1.29, 1.82) is 0 Å². The van der Waals surface area contributed by atoms with E-state index >= 15 is 0 Å². The van der Waals surface area contributed by atoms with E-state index in [4.69, 9.17) is 5.11 Å². The maximum Gasteiger partial charge on any atom is 0.255 e. The van der Waals surface area contributed by atoms with Gasteiger partial charge in [0, 0.05) is 25.5 Å². The normalized spacial score (nSPS) is 16.2. The van der Waals surface area contributed by atoms with Gasteiger partial charge in [-0.3, -0.25) is 4.79 Å². The minimum atomic E-state index is -0.0215. The summed E-state index contributed by atoms with van der Waals surface area (Å²) in [5.74, 6) is 0.0391. The molecule has 1 aromatic rings. The molecule has 0 unspecified atom stereocenters. The minimum Gasteiger partial charge on any atom is -0.390 e. The third-order valence-corrected chi connectivity index (χ3v) is 2.51. The molecule has 0 spiro atoms. The van der Waals surface area contributed by atoms with Gasteiger partial charge in [0.1, 0.15) is 0 Å². The first kappa shape index (κ1) is 8.31. The third kappa shape index (κ3) is 1.14. The molecule has 0 saturated heterocycles. The number of aliphatic hydroxyl groups is 1. The van der Waals surface area contributed by atoms with E-state index in [1.807, 2.05) is 0 Å². The molecule has 2 N–H and O–H groups in total. The number of amides is 1. The number of H-pyrrole nitrogens is 1. The summed E-state index contributed by atoms with van der Waals surface area (Å²) in [6.07, 6.45) is 2.51. The van der Waals surface area contributed by atoms with Gasteiger partial charge in [0.25, 0.3) is 5.91 Å². The number of nitrogens with one attached hydrogen (secondary N) is 1. The third-order valence-electron chi connectivity index (χ3n) is 2.51. The molecule has 4 heteroatoms. The number of carbonyl (C=O) groups excluding carboxylic acids is 1. The van der Waals surface area contributed by atoms with Gasteiger partial charge in [-0.05, 0) is 12.0 Å². The number of nitrogens with zero attached hydrogens (tertiary/aromatic N) is 1. The van der Waals surface area contributed by atoms with Crippen LogP contribution in [-0.2, 0) is 13.0 Å². The fraction of sp³-hybridized carbons (Fsp3) is 0.444. The molecule has 4 nitrogen and oxygen atoms in total. The largest absolute Gasteiger partial charge is 0.390 e. The summed E-state index contributed by atoms with van der Waals surface area (Å²) in [4.78, 5) is 16.2. The minimum absolute atomic E-state index is 0.0215. The first-order valence-electron chi connectivity index (χ1n) is 4.29. The van der Waals surface area contributed by atoms with Crippen LogP contribution in [0.25, 0.3) is 0 Å². The zero-order valence-electron chi connectivity index (χ0n) is 7.50. The van der Waals surface area contributed by atoms with E-state index in [9.17, 15) is 4.79 Å². The molecule has 1 aliphatic heterocycles. The smallest absolute Gasteiger partial charge is 0.255 e. The zero-order valence-corrected chi connectivity index (χ0v) is 7.50. The highest BCUT2D eigenvalue weighted by atomic mass is 16.3. The summed E-state index contributed by atoms with van der Waals surface area (Å²) in [5, 5.41) is 8.98. The maximum absolute atomic E-state index is 11.6. The van der Waals surface area contributed by atoms with Crippen LogP contribution < -0.4 is 0 Å². The monoisotopic (exact) mass is 180 g/mol. The molecule has 2 rings (SSSR count). The lowest BCUT2D eigenvalue weighted by Gasteiger charge is -2.22. The van der Waals surface area contributed by atoms with Crippen molar-refractivity contribution in [2.45, 2.75) is 13.0 Å². The van der Waals surface area contributed by atoms with Crippen molar-refractivity contribution in [2.75, 3.05) is 13.6 Å². The average molecular weight is 180 g/mol. The Balaban J connectivity index is 2.45. The molecule has 0 saturated carbocycles. The Hall–Kier alpha value is -1.29. The quantitative estimate of drug-likeness (QED) is 0.645. The zero-order chi connectivity index (χ0) is 9.42. The SMILES string of the molecule is CN1CCc2c(c[nH]c2CO)C1=O. The van der Waals surface area contributed by atoms with Crippen molar-refractivity contribution >= 4 is 5.91 Å². The molecular weight excluding hydrogens is 168 g/mol. The van der Waals surface area contributed by atoms with Crippen molar-refractivity contribution in [1.82, 2.24) is 9.88 Å². The summed E-state index contributed by atoms with van der Waals surface area (Å²) in [6.45, 7) is 0.711. The second kappa shape index (κ2) is 2.88. The lowest BCUT2D eigenvalue weighted by molar-refractivity contribution is 0.0781. The van der Waals surface area contributed by atoms with Gasteiger partial charge in [-0.2, -0.15) is 0 Å². The van der Waals surface area contributed by atoms with Crippen LogP contribution in [0.3, 0.4) is 0 Å². The highest BCUT2D eigenvalue weighted by molar-refractivity contribution is 5.96. The Morgan fingerprint density at radius 1 is 1.69 bits per heavy atom. The maximum atomic E-state index is 11.6. The molecule has 0 fully saturated rings. The van der Waals surface area contributed by atoms with Crippen LogP contribution >= 0.6 is 0 Å². The van der Waals surface area contributed by atoms with Crippen LogP contribution in [0.5, 0.6) is 0 Å². The Bertz CT molecular complexity index is 343. The van der Waals surface area contributed by atoms with Gasteiger partial charge in [-0.1, -0.05) is 0 Å². The Morgan fingerprint density at radius 3 is 3.15 bits per heavy atom. The molecular formula is C9H12N2O2. The number of fused-ring (bicyclic) bond motifs is 1. The van der Waals surface area contributed by atoms with Gasteiger partial charge in [0.05, 0.1) is 12.2 Å². The molecule has 1 aromatic heterocycles. The number of rotatable bonds is 1. The van der Waals surface area contributed by atoms with Crippen LogP contribution in [0.15, 0.2) is 6.20 Å². The first-order valence-corrected chi connectivity index (χ1v) is 4.29. The van der Waals surface area contributed by atoms with E-state index in [2.05, 4.69) is 4.98 Å². The van der Waals surface area contributed by atoms with Crippen LogP contribution in [0.1, 0.15) is 21.6 Å². The van der Waals surface area contributed by atoms with Gasteiger partial charge < -0.3 is 15.0 Å². The highest BCUT2D eigenvalue weighted by Crippen LogP contribution is 2.21. The van der Waals surface area contributed by atoms with Gasteiger partial charge in [0.2, 0.25) is 0 Å². The predicted molar refractivity (Wildman–Crippen MR) is 47.4 cm³/mol. The summed E-state index contributed by atoms with van der Waals surface area (Å²) >= 11 is 0. The van der Waals surface area contributed by atoms with Crippen LogP contribution in [0, 0.1) is 0 Å². The van der Waals surface area contributed by atoms with Crippen molar-refractivity contribution in [3.8, 4) is 0 Å². The summed E-state index contributed by atoms with van der Waals surface area (Å²) in [5.41, 5.74) is 2.46. The molecule has 0 bridgehead atoms. The molecule has 1 aliphatic rings. The summed E-state index contributed by atoms with van der Waals surface area (Å²) < 4.78 is 0. The lowest BCUT2D eigenvalue weighted by atomic mass is 10.0. The summed E-state index contributed by atoms with van der Waals surface area (Å²) in [6, 6.07) is 0. The Labute approximate surface area is 76.2 Å². The number of carbonyl (C=O) groups is 1. The van der Waals surface area contributed by atoms with Crippen LogP contribution in [0.4, 0.5) is 0 Å². The van der Waals surface area contributed by atoms with Gasteiger partial charge in [-0.25, -0.2) is 0 Å². The standard InChI is InChI=1S/C9H12N2O2/c1-11-3-2-6-7(9(11)13)4-10-8(6)5-12/h4,10,12H,2-3,5H2,1H3. The molecule has 2 heterocycles. The van der Waals surface area contributed by atoms with Crippen molar-refractivity contribution in [3.63, 3.8) is 0 Å². The number of likely N-dealkylation sites (N-methyl/N-ethyl adjacent to an activating group) is 1. The Morgan fingerprint density at radius 2 is 2.46 bits per heavy atom. The molecule has 1 amide bonds. The number of aliphatic hydroxyl groups excluding tert-OH is 1. The van der Waals surface area contributed by atoms with E-state index in [-0.39, 0.29) is 12.5 Å². The van der Waals surface area contributed by atoms with E-state index < -0.39 is 0 Å². The number of hydrogen-bond acceptors (Lipinski definition) is 2. The second-order valence-corrected chi connectivity index (χ2v) is 3.29. The summed E-state index contributed by atoms with van der Waals surface area (Å²) in [7, 11) is 1.79. The molecule has 0 aromatic carbocycles. The van der Waals surface area contributed by atoms with E-state index in [1.165, 1.54) is 0 Å². The second-order valence-electron chi connectivity index (χ2n) is 3.29. The highest BCUT2D eigenvalue weighted by Gasteiger charge is 2.24. The predicted octanol–water partition coefficient (Wildman–Crippen LogP) is 0.135. The lowest BCUT2D eigenvalue weighted by Crippen LogP contribution is -2.33. The van der Waals surface area contributed by atoms with E-state index in [0.29, 0.717) is 5.56 Å². The van der Waals surface area contributed by atoms with Gasteiger partial charge in [-0.15, -0.1) is 0 Å². The van der Waals surface area contributed by atoms with E-state index in [1.54, 1.807) is 18.1 Å². The number of aromatic nitrogens is 1. The fourth-order valence-corrected chi connectivity index (χ4v) is 1.70. The molecule has 0 atom stereocenters. The number of hydrogen-bond donors (Lipinski definition) is 2. The average Bonchev–Trinajstić information content (AvgIpc) is 2.55. The van der Waals surface area contributed by atoms with E-state index in [0.717, 1.165) is 24.2 Å². The van der Waals surface area contributed by atoms with Crippen molar-refractivity contribution in [2.24, 2.45) is 0 Å². The molecule has 0 radical (unpaired) electrons. The van der Waals surface area contributed by atoms with Crippen LogP contribution in [-0.4, -0.2) is 34.5 Å². The fourth-order valence-electron chi connectivity index (χ4n) is 1.70. The van der Waals surface area contributed by atoms with Gasteiger partial charge >= 0.3 is 0 Å². The molecule has 70 valence electrons. The topological polar surface area (TPSA) is 56.3 Å². The molecule has 13 heavy (non-hydrogen) atoms. The van der Waals surface area contributed by atoms with Crippen LogP contribution in [0.2, 0.25) is 0 Å². The first-order chi connectivity index (χ1) is 6.24. The molecule has 0 aliphatic carbocycles. The number of aromatic amines is 1. The Kier molecular flexibility index (Phi) is 1.84. The van der Waals surface area contributed by atoms with Crippen molar-refractivity contribution in [3.05, 3.63) is 23.0 Å².